The lowest BCUT2D eigenvalue weighted by Gasteiger charge is -2.27. The van der Waals surface area contributed by atoms with Crippen molar-refractivity contribution >= 4 is 11.7 Å². The van der Waals surface area contributed by atoms with Gasteiger partial charge in [0.1, 0.15) is 5.75 Å². The Balaban J connectivity index is 1.59. The Morgan fingerprint density at radius 3 is 2.41 bits per heavy atom. The number of likely N-dealkylation sites (tertiary alicyclic amines) is 1. The number of aromatic nitrogens is 2. The molecular formula is C23H23N3O3. The van der Waals surface area contributed by atoms with Gasteiger partial charge in [-0.25, -0.2) is 4.98 Å². The average molecular weight is 389 g/mol. The quantitative estimate of drug-likeness (QED) is 0.631. The van der Waals surface area contributed by atoms with Gasteiger partial charge in [0.05, 0.1) is 18.3 Å². The number of hydrogen-bond donors (Lipinski definition) is 1. The molecule has 6 nitrogen and oxygen atoms in total. The summed E-state index contributed by atoms with van der Waals surface area (Å²) < 4.78 is 1.96. The van der Waals surface area contributed by atoms with E-state index in [-0.39, 0.29) is 17.6 Å². The van der Waals surface area contributed by atoms with Crippen molar-refractivity contribution < 1.29 is 14.7 Å². The summed E-state index contributed by atoms with van der Waals surface area (Å²) in [7, 11) is 0. The van der Waals surface area contributed by atoms with Crippen LogP contribution in [0.5, 0.6) is 5.75 Å². The number of phenols is 1. The number of Topliss-reactive ketones (excluding diaryl/α,β-unsaturated/α-hetero) is 1. The summed E-state index contributed by atoms with van der Waals surface area (Å²) >= 11 is 0. The van der Waals surface area contributed by atoms with E-state index in [1.165, 1.54) is 0 Å². The van der Waals surface area contributed by atoms with Crippen LogP contribution >= 0.6 is 0 Å². The molecule has 3 aromatic rings. The molecule has 2 unspecified atom stereocenters. The third-order valence-electron chi connectivity index (χ3n) is 5.45. The van der Waals surface area contributed by atoms with E-state index in [0.29, 0.717) is 13.0 Å². The van der Waals surface area contributed by atoms with Crippen LogP contribution in [0.4, 0.5) is 0 Å². The van der Waals surface area contributed by atoms with E-state index in [9.17, 15) is 14.7 Å². The maximum atomic E-state index is 12.9. The third kappa shape index (κ3) is 4.06. The Labute approximate surface area is 169 Å². The SMILES string of the molecule is O=C1C(=O)N(CCCn2ccnc2)C(Cc2ccccc2)C1c1ccc(O)cc1. The van der Waals surface area contributed by atoms with Crippen molar-refractivity contribution in [2.75, 3.05) is 6.54 Å². The van der Waals surface area contributed by atoms with Crippen molar-refractivity contribution in [1.82, 2.24) is 14.5 Å². The van der Waals surface area contributed by atoms with Gasteiger partial charge in [-0.05, 0) is 36.1 Å². The molecule has 0 bridgehead atoms. The molecule has 2 atom stereocenters. The first kappa shape index (κ1) is 18.9. The van der Waals surface area contributed by atoms with Gasteiger partial charge in [0.25, 0.3) is 5.91 Å². The molecular weight excluding hydrogens is 366 g/mol. The van der Waals surface area contributed by atoms with E-state index in [0.717, 1.165) is 24.1 Å². The maximum Gasteiger partial charge on any atom is 0.290 e. The fourth-order valence-corrected chi connectivity index (χ4v) is 4.03. The molecule has 1 aromatic heterocycles. The zero-order valence-corrected chi connectivity index (χ0v) is 16.0. The summed E-state index contributed by atoms with van der Waals surface area (Å²) in [5.41, 5.74) is 1.85. The zero-order valence-electron chi connectivity index (χ0n) is 16.0. The Hall–Kier alpha value is -3.41. The standard InChI is InChI=1S/C23H23N3O3/c27-19-9-7-18(8-10-19)21-20(15-17-5-2-1-3-6-17)26(23(29)22(21)28)13-4-12-25-14-11-24-16-25/h1-3,5-11,14,16,20-21,27H,4,12-13,15H2. The molecule has 1 aliphatic rings. The molecule has 2 heterocycles. The third-order valence-corrected chi connectivity index (χ3v) is 5.45. The number of aromatic hydroxyl groups is 1. The minimum atomic E-state index is -0.531. The monoisotopic (exact) mass is 389 g/mol. The minimum absolute atomic E-state index is 0.141. The molecule has 1 fully saturated rings. The van der Waals surface area contributed by atoms with E-state index < -0.39 is 11.8 Å². The van der Waals surface area contributed by atoms with Crippen molar-refractivity contribution in [2.24, 2.45) is 0 Å². The summed E-state index contributed by atoms with van der Waals surface area (Å²) in [6.45, 7) is 1.24. The van der Waals surface area contributed by atoms with Gasteiger partial charge in [-0.3, -0.25) is 9.59 Å². The second-order valence-corrected chi connectivity index (χ2v) is 7.34. The van der Waals surface area contributed by atoms with Gasteiger partial charge in [0, 0.05) is 25.5 Å². The largest absolute Gasteiger partial charge is 0.508 e. The highest BCUT2D eigenvalue weighted by Gasteiger charge is 2.47. The molecule has 2 aromatic carbocycles. The zero-order chi connectivity index (χ0) is 20.2. The Bertz CT molecular complexity index is 968. The first-order chi connectivity index (χ1) is 14.1. The Morgan fingerprint density at radius 2 is 1.72 bits per heavy atom. The number of amides is 1. The molecule has 1 amide bonds. The highest BCUT2D eigenvalue weighted by atomic mass is 16.3. The van der Waals surface area contributed by atoms with Crippen LogP contribution in [0.15, 0.2) is 73.3 Å². The lowest BCUT2D eigenvalue weighted by atomic mass is 9.87. The van der Waals surface area contributed by atoms with Crippen LogP contribution in [0.2, 0.25) is 0 Å². The van der Waals surface area contributed by atoms with Gasteiger partial charge >= 0.3 is 0 Å². The summed E-state index contributed by atoms with van der Waals surface area (Å²) in [6, 6.07) is 16.3. The van der Waals surface area contributed by atoms with Crippen LogP contribution in [-0.2, 0) is 22.6 Å². The Kier molecular flexibility index (Phi) is 5.42. The second-order valence-electron chi connectivity index (χ2n) is 7.34. The molecule has 29 heavy (non-hydrogen) atoms. The fraction of sp³-hybridized carbons (Fsp3) is 0.261. The molecule has 0 radical (unpaired) electrons. The second kappa shape index (κ2) is 8.31. The van der Waals surface area contributed by atoms with Gasteiger partial charge in [-0.1, -0.05) is 42.5 Å². The summed E-state index contributed by atoms with van der Waals surface area (Å²) in [6.07, 6.45) is 6.71. The first-order valence-electron chi connectivity index (χ1n) is 9.77. The number of carbonyl (C=O) groups excluding carboxylic acids is 2. The summed E-state index contributed by atoms with van der Waals surface area (Å²) in [5.74, 6) is -1.19. The number of phenolic OH excluding ortho intramolecular Hbond substituents is 1. The van der Waals surface area contributed by atoms with Gasteiger partial charge in [-0.2, -0.15) is 0 Å². The lowest BCUT2D eigenvalue weighted by molar-refractivity contribution is -0.140. The molecule has 4 rings (SSSR count). The maximum absolute atomic E-state index is 12.9. The van der Waals surface area contributed by atoms with Crippen LogP contribution in [0.3, 0.4) is 0 Å². The molecule has 1 N–H and O–H groups in total. The van der Waals surface area contributed by atoms with E-state index in [4.69, 9.17) is 0 Å². The highest BCUT2D eigenvalue weighted by Crippen LogP contribution is 2.34. The predicted molar refractivity (Wildman–Crippen MR) is 108 cm³/mol. The summed E-state index contributed by atoms with van der Waals surface area (Å²) in [4.78, 5) is 31.5. The highest BCUT2D eigenvalue weighted by molar-refractivity contribution is 6.40. The predicted octanol–water partition coefficient (Wildman–Crippen LogP) is 2.79. The molecule has 0 saturated carbocycles. The Morgan fingerprint density at radius 1 is 0.966 bits per heavy atom. The van der Waals surface area contributed by atoms with Crippen molar-refractivity contribution in [2.45, 2.75) is 31.3 Å². The van der Waals surface area contributed by atoms with Gasteiger partial charge in [0.2, 0.25) is 5.78 Å². The number of aryl methyl sites for hydroxylation is 1. The normalized spacial score (nSPS) is 19.1. The minimum Gasteiger partial charge on any atom is -0.508 e. The average Bonchev–Trinajstić information content (AvgIpc) is 3.33. The van der Waals surface area contributed by atoms with Crippen molar-refractivity contribution in [3.8, 4) is 5.75 Å². The van der Waals surface area contributed by atoms with Crippen molar-refractivity contribution in [3.63, 3.8) is 0 Å². The van der Waals surface area contributed by atoms with E-state index >= 15 is 0 Å². The molecule has 6 heteroatoms. The molecule has 0 aliphatic carbocycles. The van der Waals surface area contributed by atoms with Gasteiger partial charge < -0.3 is 14.6 Å². The van der Waals surface area contributed by atoms with Crippen LogP contribution in [0.1, 0.15) is 23.5 Å². The lowest BCUT2D eigenvalue weighted by Crippen LogP contribution is -2.37. The van der Waals surface area contributed by atoms with Crippen LogP contribution in [0.25, 0.3) is 0 Å². The number of rotatable bonds is 7. The smallest absolute Gasteiger partial charge is 0.290 e. The number of ketones is 1. The molecule has 148 valence electrons. The number of benzene rings is 2. The van der Waals surface area contributed by atoms with Gasteiger partial charge in [-0.15, -0.1) is 0 Å². The molecule has 0 spiro atoms. The molecule has 1 aliphatic heterocycles. The van der Waals surface area contributed by atoms with E-state index in [1.807, 2.05) is 41.1 Å². The topological polar surface area (TPSA) is 75.4 Å². The van der Waals surface area contributed by atoms with E-state index in [1.54, 1.807) is 41.7 Å². The van der Waals surface area contributed by atoms with Gasteiger partial charge in [0.15, 0.2) is 0 Å². The van der Waals surface area contributed by atoms with Crippen molar-refractivity contribution in [1.29, 1.82) is 0 Å². The van der Waals surface area contributed by atoms with Crippen molar-refractivity contribution in [3.05, 3.63) is 84.4 Å². The van der Waals surface area contributed by atoms with E-state index in [2.05, 4.69) is 4.98 Å². The number of carbonyl (C=O) groups is 2. The summed E-state index contributed by atoms with van der Waals surface area (Å²) in [5, 5.41) is 9.61. The number of nitrogens with zero attached hydrogens (tertiary/aromatic N) is 3. The van der Waals surface area contributed by atoms with Crippen LogP contribution < -0.4 is 0 Å². The number of imidazole rings is 1. The van der Waals surface area contributed by atoms with Crippen LogP contribution in [-0.4, -0.2) is 43.8 Å². The van der Waals surface area contributed by atoms with Crippen LogP contribution in [0, 0.1) is 0 Å². The first-order valence-corrected chi connectivity index (χ1v) is 9.77. The number of hydrogen-bond acceptors (Lipinski definition) is 4. The fourth-order valence-electron chi connectivity index (χ4n) is 4.03. The molecule has 1 saturated heterocycles.